The third kappa shape index (κ3) is 2.75. The van der Waals surface area contributed by atoms with Crippen molar-refractivity contribution in [3.05, 3.63) is 35.6 Å². The molecule has 1 aliphatic rings. The molecule has 1 aromatic heterocycles. The van der Waals surface area contributed by atoms with E-state index in [9.17, 15) is 4.79 Å². The molecular formula is C16H18BrNO2. The minimum Gasteiger partial charge on any atom is -0.451 e. The lowest BCUT2D eigenvalue weighted by Gasteiger charge is -2.13. The number of alkyl halides is 1. The second-order valence-corrected chi connectivity index (χ2v) is 6.57. The fourth-order valence-electron chi connectivity index (χ4n) is 2.52. The molecule has 1 aliphatic carbocycles. The molecule has 0 radical (unpaired) electrons. The van der Waals surface area contributed by atoms with Crippen LogP contribution in [0.25, 0.3) is 11.0 Å². The van der Waals surface area contributed by atoms with Gasteiger partial charge in [0.25, 0.3) is 5.91 Å². The molecule has 1 aromatic carbocycles. The van der Waals surface area contributed by atoms with Gasteiger partial charge in [-0.1, -0.05) is 27.6 Å². The number of nitrogens with one attached hydrogen (secondary N) is 1. The van der Waals surface area contributed by atoms with Gasteiger partial charge in [0.2, 0.25) is 0 Å². The van der Waals surface area contributed by atoms with Crippen LogP contribution >= 0.6 is 15.9 Å². The summed E-state index contributed by atoms with van der Waals surface area (Å²) in [6.07, 6.45) is 3.53. The van der Waals surface area contributed by atoms with Gasteiger partial charge in [-0.2, -0.15) is 0 Å². The molecule has 0 spiro atoms. The van der Waals surface area contributed by atoms with Gasteiger partial charge in [0.05, 0.1) is 0 Å². The molecule has 3 nitrogen and oxygen atoms in total. The lowest BCUT2D eigenvalue weighted by atomic mass is 10.0. The van der Waals surface area contributed by atoms with Crippen LogP contribution in [0.15, 0.2) is 28.7 Å². The van der Waals surface area contributed by atoms with E-state index in [-0.39, 0.29) is 5.91 Å². The van der Waals surface area contributed by atoms with E-state index in [1.807, 2.05) is 31.2 Å². The summed E-state index contributed by atoms with van der Waals surface area (Å²) in [5.74, 6) is 0.292. The van der Waals surface area contributed by atoms with Crippen LogP contribution in [-0.2, 0) is 0 Å². The largest absolute Gasteiger partial charge is 0.451 e. The summed E-state index contributed by atoms with van der Waals surface area (Å²) in [7, 11) is 0. The number of carbonyl (C=O) groups excluding carboxylic acids is 1. The molecule has 0 aliphatic heterocycles. The first-order valence-corrected chi connectivity index (χ1v) is 8.08. The van der Waals surface area contributed by atoms with Crippen molar-refractivity contribution in [1.29, 1.82) is 0 Å². The minimum atomic E-state index is -0.111. The van der Waals surface area contributed by atoms with Crippen LogP contribution in [0.4, 0.5) is 0 Å². The van der Waals surface area contributed by atoms with Crippen LogP contribution in [0.2, 0.25) is 0 Å². The molecule has 1 saturated carbocycles. The third-order valence-electron chi connectivity index (χ3n) is 4.10. The third-order valence-corrected chi connectivity index (χ3v) is 4.50. The molecule has 1 amide bonds. The molecule has 106 valence electrons. The van der Waals surface area contributed by atoms with Crippen LogP contribution in [-0.4, -0.2) is 17.8 Å². The van der Waals surface area contributed by atoms with Crippen molar-refractivity contribution in [3.8, 4) is 0 Å². The van der Waals surface area contributed by atoms with Crippen LogP contribution in [0.1, 0.15) is 35.4 Å². The number of hydrogen-bond acceptors (Lipinski definition) is 2. The van der Waals surface area contributed by atoms with Crippen molar-refractivity contribution in [2.45, 2.75) is 26.2 Å². The maximum Gasteiger partial charge on any atom is 0.287 e. The van der Waals surface area contributed by atoms with Crippen molar-refractivity contribution in [1.82, 2.24) is 5.32 Å². The van der Waals surface area contributed by atoms with Gasteiger partial charge >= 0.3 is 0 Å². The number of aryl methyl sites for hydroxylation is 1. The highest BCUT2D eigenvalue weighted by Crippen LogP contribution is 2.48. The lowest BCUT2D eigenvalue weighted by Crippen LogP contribution is -2.30. The first kappa shape index (κ1) is 13.7. The highest BCUT2D eigenvalue weighted by atomic mass is 79.9. The fourth-order valence-corrected chi connectivity index (χ4v) is 3.36. The number of amides is 1. The number of furan rings is 1. The van der Waals surface area contributed by atoms with Crippen molar-refractivity contribution >= 4 is 32.8 Å². The molecule has 2 aromatic rings. The molecule has 3 rings (SSSR count). The summed E-state index contributed by atoms with van der Waals surface area (Å²) in [5.41, 5.74) is 2.25. The van der Waals surface area contributed by atoms with Gasteiger partial charge < -0.3 is 9.73 Å². The minimum absolute atomic E-state index is 0.111. The number of hydrogen-bond donors (Lipinski definition) is 1. The summed E-state index contributed by atoms with van der Waals surface area (Å²) >= 11 is 3.48. The Balaban J connectivity index is 1.69. The lowest BCUT2D eigenvalue weighted by molar-refractivity contribution is 0.0919. The Hall–Kier alpha value is -1.29. The van der Waals surface area contributed by atoms with E-state index in [0.717, 1.165) is 29.3 Å². The Kier molecular flexibility index (Phi) is 3.59. The van der Waals surface area contributed by atoms with E-state index in [1.165, 1.54) is 18.4 Å². The number of halogens is 1. The predicted molar refractivity (Wildman–Crippen MR) is 83.4 cm³/mol. The van der Waals surface area contributed by atoms with E-state index in [1.54, 1.807) is 0 Å². The number of carbonyl (C=O) groups is 1. The Labute approximate surface area is 126 Å². The Bertz CT molecular complexity index is 643. The molecule has 20 heavy (non-hydrogen) atoms. The summed E-state index contributed by atoms with van der Waals surface area (Å²) in [6.45, 7) is 2.77. The van der Waals surface area contributed by atoms with Crippen molar-refractivity contribution in [2.24, 2.45) is 5.41 Å². The van der Waals surface area contributed by atoms with Crippen LogP contribution < -0.4 is 5.32 Å². The van der Waals surface area contributed by atoms with Gasteiger partial charge in [-0.25, -0.2) is 0 Å². The first-order valence-electron chi connectivity index (χ1n) is 6.96. The van der Waals surface area contributed by atoms with Gasteiger partial charge in [-0.15, -0.1) is 0 Å². The summed E-state index contributed by atoms with van der Waals surface area (Å²) in [5, 5.41) is 4.98. The normalized spacial score (nSPS) is 16.3. The standard InChI is InChI=1S/C16H18BrNO2/c1-11-2-3-13-12(8-11)9-14(20-13)15(19)18-10-16(4-5-16)6-7-17/h2-3,8-9H,4-7,10H2,1H3,(H,18,19). The Morgan fingerprint density at radius 3 is 2.90 bits per heavy atom. The molecule has 1 N–H and O–H groups in total. The quantitative estimate of drug-likeness (QED) is 0.838. The maximum atomic E-state index is 12.2. The van der Waals surface area contributed by atoms with Crippen molar-refractivity contribution in [3.63, 3.8) is 0 Å². The van der Waals surface area contributed by atoms with E-state index in [2.05, 4.69) is 21.2 Å². The highest BCUT2D eigenvalue weighted by molar-refractivity contribution is 9.09. The van der Waals surface area contributed by atoms with Crippen LogP contribution in [0, 0.1) is 12.3 Å². The smallest absolute Gasteiger partial charge is 0.287 e. The first-order chi connectivity index (χ1) is 9.62. The zero-order chi connectivity index (χ0) is 14.2. The second-order valence-electron chi connectivity index (χ2n) is 5.77. The molecule has 0 bridgehead atoms. The van der Waals surface area contributed by atoms with Crippen molar-refractivity contribution in [2.75, 3.05) is 11.9 Å². The van der Waals surface area contributed by atoms with Crippen LogP contribution in [0.5, 0.6) is 0 Å². The monoisotopic (exact) mass is 335 g/mol. The van der Waals surface area contributed by atoms with E-state index in [0.29, 0.717) is 11.2 Å². The van der Waals surface area contributed by atoms with Gasteiger partial charge in [-0.3, -0.25) is 4.79 Å². The van der Waals surface area contributed by atoms with Gasteiger partial charge in [-0.05, 0) is 49.8 Å². The molecule has 0 saturated heterocycles. The van der Waals surface area contributed by atoms with E-state index >= 15 is 0 Å². The second kappa shape index (κ2) is 5.24. The van der Waals surface area contributed by atoms with Crippen molar-refractivity contribution < 1.29 is 9.21 Å². The average molecular weight is 336 g/mol. The zero-order valence-electron chi connectivity index (χ0n) is 11.5. The summed E-state index contributed by atoms with van der Waals surface area (Å²) in [6, 6.07) is 7.75. The van der Waals surface area contributed by atoms with Crippen LogP contribution in [0.3, 0.4) is 0 Å². The van der Waals surface area contributed by atoms with Gasteiger partial charge in [0, 0.05) is 17.3 Å². The molecule has 0 atom stereocenters. The predicted octanol–water partition coefficient (Wildman–Crippen LogP) is 4.04. The molecule has 1 fully saturated rings. The fraction of sp³-hybridized carbons (Fsp3) is 0.438. The Morgan fingerprint density at radius 1 is 1.40 bits per heavy atom. The molecule has 0 unspecified atom stereocenters. The maximum absolute atomic E-state index is 12.2. The molecular weight excluding hydrogens is 318 g/mol. The average Bonchev–Trinajstić information content (AvgIpc) is 3.06. The number of benzene rings is 1. The number of rotatable bonds is 5. The van der Waals surface area contributed by atoms with Gasteiger partial charge in [0.15, 0.2) is 5.76 Å². The van der Waals surface area contributed by atoms with Gasteiger partial charge in [0.1, 0.15) is 5.58 Å². The summed E-state index contributed by atoms with van der Waals surface area (Å²) in [4.78, 5) is 12.2. The summed E-state index contributed by atoms with van der Waals surface area (Å²) < 4.78 is 5.61. The Morgan fingerprint density at radius 2 is 2.20 bits per heavy atom. The zero-order valence-corrected chi connectivity index (χ0v) is 13.1. The number of fused-ring (bicyclic) bond motifs is 1. The molecule has 1 heterocycles. The topological polar surface area (TPSA) is 42.2 Å². The van der Waals surface area contributed by atoms with E-state index in [4.69, 9.17) is 4.42 Å². The molecule has 4 heteroatoms. The SMILES string of the molecule is Cc1ccc2oc(C(=O)NCC3(CCBr)CC3)cc2c1. The highest BCUT2D eigenvalue weighted by Gasteiger charge is 2.41. The van der Waals surface area contributed by atoms with E-state index < -0.39 is 0 Å².